The first-order valence-electron chi connectivity index (χ1n) is 9.53. The number of hydrogen-bond donors (Lipinski definition) is 2. The molecule has 154 valence electrons. The fourth-order valence-corrected chi connectivity index (χ4v) is 3.82. The van der Waals surface area contributed by atoms with Gasteiger partial charge in [0, 0.05) is 0 Å². The van der Waals surface area contributed by atoms with Crippen molar-refractivity contribution in [2.45, 2.75) is 65.5 Å². The Hall–Kier alpha value is -1.79. The van der Waals surface area contributed by atoms with Gasteiger partial charge in [0.2, 0.25) is 0 Å². The molecule has 1 amide bonds. The van der Waals surface area contributed by atoms with Gasteiger partial charge in [-0.1, -0.05) is 41.5 Å². The van der Waals surface area contributed by atoms with Gasteiger partial charge in [-0.2, -0.15) is 4.99 Å². The summed E-state index contributed by atoms with van der Waals surface area (Å²) in [6.45, 7) is 14.7. The molecule has 1 atom stereocenters. The van der Waals surface area contributed by atoms with Crippen LogP contribution in [0, 0.1) is 0 Å². The summed E-state index contributed by atoms with van der Waals surface area (Å²) in [6, 6.07) is 3.61. The number of aromatic hydroxyl groups is 1. The first kappa shape index (κ1) is 22.5. The smallest absolute Gasteiger partial charge is 0.286 e. The maximum Gasteiger partial charge on any atom is 0.286 e. The van der Waals surface area contributed by atoms with Crippen LogP contribution in [0.5, 0.6) is 5.75 Å². The lowest BCUT2D eigenvalue weighted by Gasteiger charge is -2.29. The Balaban J connectivity index is 2.52. The molecule has 0 saturated carbocycles. The highest BCUT2D eigenvalue weighted by Crippen LogP contribution is 2.40. The molecule has 1 aliphatic rings. The molecule has 2 N–H and O–H groups in total. The molecule has 28 heavy (non-hydrogen) atoms. The number of benzene rings is 1. The number of carbonyl (C=O) groups is 1. The fraction of sp³-hybridized carbons (Fsp3) is 0.545. The quantitative estimate of drug-likeness (QED) is 0.576. The highest BCUT2D eigenvalue weighted by atomic mass is 32.2. The van der Waals surface area contributed by atoms with Gasteiger partial charge in [-0.3, -0.25) is 9.69 Å². The number of carbonyl (C=O) groups excluding carboxylic acids is 1. The maximum atomic E-state index is 12.5. The number of phenols is 1. The molecule has 0 aliphatic carbocycles. The van der Waals surface area contributed by atoms with Gasteiger partial charge in [0.15, 0.2) is 5.17 Å². The summed E-state index contributed by atoms with van der Waals surface area (Å²) in [5.74, 6) is 0.0204. The van der Waals surface area contributed by atoms with Crippen molar-refractivity contribution < 1.29 is 9.90 Å². The molecule has 1 aliphatic heterocycles. The molecule has 1 aromatic rings. The monoisotopic (exact) mass is 403 g/mol. The van der Waals surface area contributed by atoms with Crippen LogP contribution in [0.1, 0.15) is 65.2 Å². The zero-order chi connectivity index (χ0) is 21.4. The average Bonchev–Trinajstić information content (AvgIpc) is 2.85. The third-order valence-corrected chi connectivity index (χ3v) is 5.70. The molecule has 6 heteroatoms. The summed E-state index contributed by atoms with van der Waals surface area (Å²) in [4.78, 5) is 19.3. The molecule has 5 nitrogen and oxygen atoms in total. The van der Waals surface area contributed by atoms with Crippen molar-refractivity contribution >= 4 is 28.9 Å². The van der Waals surface area contributed by atoms with E-state index in [1.807, 2.05) is 32.0 Å². The molecule has 1 heterocycles. The highest BCUT2D eigenvalue weighted by molar-refractivity contribution is 8.18. The number of amides is 1. The summed E-state index contributed by atoms with van der Waals surface area (Å²) >= 11 is 1.36. The predicted molar refractivity (Wildman–Crippen MR) is 120 cm³/mol. The Bertz CT molecular complexity index is 792. The topological polar surface area (TPSA) is 64.9 Å². The van der Waals surface area contributed by atoms with Gasteiger partial charge >= 0.3 is 0 Å². The highest BCUT2D eigenvalue weighted by Gasteiger charge is 2.29. The van der Waals surface area contributed by atoms with Gasteiger partial charge in [-0.05, 0) is 78.5 Å². The van der Waals surface area contributed by atoms with Gasteiger partial charge in [0.25, 0.3) is 5.91 Å². The van der Waals surface area contributed by atoms with Crippen molar-refractivity contribution in [3.63, 3.8) is 0 Å². The number of thioether (sulfide) groups is 1. The van der Waals surface area contributed by atoms with E-state index in [1.165, 1.54) is 11.8 Å². The van der Waals surface area contributed by atoms with Gasteiger partial charge in [0.1, 0.15) is 5.75 Å². The van der Waals surface area contributed by atoms with Crippen molar-refractivity contribution in [2.24, 2.45) is 4.99 Å². The number of aliphatic imine (C=N–C) groups is 1. The summed E-state index contributed by atoms with van der Waals surface area (Å²) in [5, 5.41) is 14.2. The van der Waals surface area contributed by atoms with E-state index in [0.29, 0.717) is 10.1 Å². The van der Waals surface area contributed by atoms with Gasteiger partial charge < -0.3 is 10.4 Å². The summed E-state index contributed by atoms with van der Waals surface area (Å²) in [6.07, 6.45) is 2.01. The Labute approximate surface area is 173 Å². The van der Waals surface area contributed by atoms with Crippen LogP contribution in [-0.2, 0) is 15.6 Å². The van der Waals surface area contributed by atoms with Crippen LogP contribution < -0.4 is 5.32 Å². The van der Waals surface area contributed by atoms with E-state index in [4.69, 9.17) is 0 Å². The number of rotatable bonds is 3. The van der Waals surface area contributed by atoms with Gasteiger partial charge in [-0.15, -0.1) is 0 Å². The fourth-order valence-electron chi connectivity index (χ4n) is 2.94. The molecule has 1 unspecified atom stereocenters. The van der Waals surface area contributed by atoms with Gasteiger partial charge in [0.05, 0.1) is 11.1 Å². The van der Waals surface area contributed by atoms with E-state index in [-0.39, 0.29) is 28.7 Å². The number of hydrogen-bond acceptors (Lipinski definition) is 5. The van der Waals surface area contributed by atoms with Crippen LogP contribution in [0.15, 0.2) is 22.0 Å². The van der Waals surface area contributed by atoms with Crippen LogP contribution >= 0.6 is 11.8 Å². The summed E-state index contributed by atoms with van der Waals surface area (Å²) < 4.78 is 0. The number of amidine groups is 1. The third kappa shape index (κ3) is 5.17. The molecular weight excluding hydrogens is 370 g/mol. The minimum Gasteiger partial charge on any atom is -0.508 e. The summed E-state index contributed by atoms with van der Waals surface area (Å²) in [7, 11) is 3.94. The molecule has 0 fully saturated rings. The normalized spacial score (nSPS) is 18.0. The predicted octanol–water partition coefficient (Wildman–Crippen LogP) is 4.45. The standard InChI is InChI=1S/C22H33N3O2S/c1-13(25(8)9)23-20-24-19(27)18(28-20)12-15-16(21(2,3)4)10-14(26)11-17(15)22(5,6)7/h10-13,26H,1-9H3,(H,23,24,27). The van der Waals surface area contributed by atoms with E-state index in [9.17, 15) is 9.90 Å². The Morgan fingerprint density at radius 2 is 1.61 bits per heavy atom. The van der Waals surface area contributed by atoms with Crippen molar-refractivity contribution in [3.05, 3.63) is 33.7 Å². The molecule has 0 spiro atoms. The van der Waals surface area contributed by atoms with Crippen molar-refractivity contribution in [1.82, 2.24) is 10.2 Å². The van der Waals surface area contributed by atoms with E-state index in [2.05, 4.69) is 51.9 Å². The van der Waals surface area contributed by atoms with Crippen LogP contribution in [0.2, 0.25) is 0 Å². The van der Waals surface area contributed by atoms with E-state index < -0.39 is 0 Å². The van der Waals surface area contributed by atoms with Gasteiger partial charge in [-0.25, -0.2) is 0 Å². The Morgan fingerprint density at radius 1 is 1.11 bits per heavy atom. The van der Waals surface area contributed by atoms with E-state index in [0.717, 1.165) is 16.7 Å². The van der Waals surface area contributed by atoms with Crippen LogP contribution in [0.25, 0.3) is 6.08 Å². The van der Waals surface area contributed by atoms with Crippen molar-refractivity contribution in [1.29, 1.82) is 0 Å². The van der Waals surface area contributed by atoms with Crippen LogP contribution in [0.3, 0.4) is 0 Å². The number of nitrogens with zero attached hydrogens (tertiary/aromatic N) is 2. The van der Waals surface area contributed by atoms with Crippen molar-refractivity contribution in [3.8, 4) is 5.75 Å². The molecular formula is C22H33N3O2S. The second-order valence-electron chi connectivity index (χ2n) is 9.57. The maximum absolute atomic E-state index is 12.5. The zero-order valence-corrected chi connectivity index (χ0v) is 19.3. The minimum atomic E-state index is -0.230. The molecule has 0 saturated heterocycles. The van der Waals surface area contributed by atoms with E-state index >= 15 is 0 Å². The van der Waals surface area contributed by atoms with E-state index in [1.54, 1.807) is 12.1 Å². The second kappa shape index (κ2) is 7.91. The van der Waals surface area contributed by atoms with Crippen molar-refractivity contribution in [2.75, 3.05) is 14.1 Å². The largest absolute Gasteiger partial charge is 0.508 e. The molecule has 0 aromatic heterocycles. The molecule has 0 bridgehead atoms. The summed E-state index contributed by atoms with van der Waals surface area (Å²) in [5.41, 5.74) is 2.66. The lowest BCUT2D eigenvalue weighted by atomic mass is 9.76. The SMILES string of the molecule is CC(NC1=NC(=O)C(=Cc2c(C(C)(C)C)cc(O)cc2C(C)(C)C)S1)N(C)C. The second-order valence-corrected chi connectivity index (χ2v) is 10.6. The van der Waals surface area contributed by atoms with Crippen LogP contribution in [-0.4, -0.2) is 41.3 Å². The Morgan fingerprint density at radius 3 is 2.04 bits per heavy atom. The Kier molecular flexibility index (Phi) is 6.36. The molecule has 2 rings (SSSR count). The number of nitrogens with one attached hydrogen (secondary N) is 1. The third-order valence-electron chi connectivity index (χ3n) is 4.78. The number of phenolic OH excluding ortho intramolecular Hbond substituents is 1. The zero-order valence-electron chi connectivity index (χ0n) is 18.5. The lowest BCUT2D eigenvalue weighted by Crippen LogP contribution is -2.40. The molecule has 1 aromatic carbocycles. The first-order valence-corrected chi connectivity index (χ1v) is 10.4. The first-order chi connectivity index (χ1) is 12.7. The van der Waals surface area contributed by atoms with Crippen LogP contribution in [0.4, 0.5) is 0 Å². The molecule has 0 radical (unpaired) electrons. The minimum absolute atomic E-state index is 0.0716. The average molecular weight is 404 g/mol. The lowest BCUT2D eigenvalue weighted by molar-refractivity contribution is -0.113.